The molecule has 3 heteroatoms. The first-order valence-corrected chi connectivity index (χ1v) is 5.72. The molecule has 0 spiro atoms. The molecule has 0 aromatic carbocycles. The summed E-state index contributed by atoms with van der Waals surface area (Å²) in [6.07, 6.45) is 7.74. The van der Waals surface area contributed by atoms with Crippen LogP contribution in [0.25, 0.3) is 0 Å². The zero-order chi connectivity index (χ0) is 10.5. The lowest BCUT2D eigenvalue weighted by Gasteiger charge is -2.23. The number of pyridine rings is 1. The van der Waals surface area contributed by atoms with Crippen LogP contribution in [0.3, 0.4) is 0 Å². The lowest BCUT2D eigenvalue weighted by atomic mass is 9.96. The quantitative estimate of drug-likeness (QED) is 0.797. The molecule has 82 valence electrons. The normalized spacial score (nSPS) is 23.7. The molecule has 2 rings (SSSR count). The first-order valence-electron chi connectivity index (χ1n) is 5.72. The summed E-state index contributed by atoms with van der Waals surface area (Å²) in [6.45, 7) is 2.26. The maximum absolute atomic E-state index is 4.20. The Morgan fingerprint density at radius 1 is 1.47 bits per heavy atom. The van der Waals surface area contributed by atoms with Crippen molar-refractivity contribution in [3.8, 4) is 0 Å². The Labute approximate surface area is 91.5 Å². The Balaban J connectivity index is 2.07. The summed E-state index contributed by atoms with van der Waals surface area (Å²) in [5.74, 6) is 0.633. The van der Waals surface area contributed by atoms with Gasteiger partial charge in [0.15, 0.2) is 0 Å². The molecular formula is C12H19N3. The molecule has 0 aliphatic carbocycles. The van der Waals surface area contributed by atoms with E-state index in [4.69, 9.17) is 0 Å². The Morgan fingerprint density at radius 2 is 2.40 bits per heavy atom. The summed E-state index contributed by atoms with van der Waals surface area (Å²) >= 11 is 0. The maximum Gasteiger partial charge on any atom is 0.0303 e. The largest absolute Gasteiger partial charge is 0.264 e. The van der Waals surface area contributed by atoms with E-state index in [1.54, 1.807) is 0 Å². The third kappa shape index (κ3) is 2.76. The first kappa shape index (κ1) is 10.6. The summed E-state index contributed by atoms with van der Waals surface area (Å²) in [5, 5.41) is 2.31. The van der Waals surface area contributed by atoms with Gasteiger partial charge in [-0.15, -0.1) is 0 Å². The highest BCUT2D eigenvalue weighted by Gasteiger charge is 2.18. The molecule has 0 bridgehead atoms. The minimum absolute atomic E-state index is 0.633. The SMILES string of the molecule is CNN1CCCC[C@@H](c2cccnc2)C1. The van der Waals surface area contributed by atoms with Gasteiger partial charge in [-0.05, 0) is 37.4 Å². The predicted octanol–water partition coefficient (Wildman–Crippen LogP) is 1.79. The number of nitrogens with one attached hydrogen (secondary N) is 1. The molecule has 0 saturated carbocycles. The van der Waals surface area contributed by atoms with E-state index in [2.05, 4.69) is 21.5 Å². The number of nitrogens with zero attached hydrogens (tertiary/aromatic N) is 2. The first-order chi connectivity index (χ1) is 7.40. The van der Waals surface area contributed by atoms with Gasteiger partial charge in [0.2, 0.25) is 0 Å². The molecule has 15 heavy (non-hydrogen) atoms. The van der Waals surface area contributed by atoms with Gasteiger partial charge in [-0.3, -0.25) is 10.4 Å². The molecular weight excluding hydrogens is 186 g/mol. The second-order valence-electron chi connectivity index (χ2n) is 4.15. The van der Waals surface area contributed by atoms with Gasteiger partial charge < -0.3 is 0 Å². The third-order valence-electron chi connectivity index (χ3n) is 3.14. The fourth-order valence-corrected chi connectivity index (χ4v) is 2.23. The molecule has 2 heterocycles. The number of hydrogen-bond donors (Lipinski definition) is 1. The van der Waals surface area contributed by atoms with E-state index in [1.165, 1.54) is 24.8 Å². The van der Waals surface area contributed by atoms with Gasteiger partial charge in [-0.1, -0.05) is 12.5 Å². The topological polar surface area (TPSA) is 28.2 Å². The third-order valence-corrected chi connectivity index (χ3v) is 3.14. The highest BCUT2D eigenvalue weighted by molar-refractivity contribution is 5.15. The van der Waals surface area contributed by atoms with Gasteiger partial charge in [0.05, 0.1) is 0 Å². The fourth-order valence-electron chi connectivity index (χ4n) is 2.23. The van der Waals surface area contributed by atoms with Crippen molar-refractivity contribution >= 4 is 0 Å². The fraction of sp³-hybridized carbons (Fsp3) is 0.583. The van der Waals surface area contributed by atoms with Gasteiger partial charge in [-0.2, -0.15) is 0 Å². The number of aromatic nitrogens is 1. The predicted molar refractivity (Wildman–Crippen MR) is 61.5 cm³/mol. The summed E-state index contributed by atoms with van der Waals surface area (Å²) in [6, 6.07) is 4.22. The minimum atomic E-state index is 0.633. The lowest BCUT2D eigenvalue weighted by Crippen LogP contribution is -2.37. The standard InChI is InChI=1S/C12H19N3/c1-13-15-8-3-2-5-12(10-15)11-6-4-7-14-9-11/h4,6-7,9,12-13H,2-3,5,8,10H2,1H3/t12-/m1/s1. The van der Waals surface area contributed by atoms with E-state index in [0.717, 1.165) is 13.1 Å². The van der Waals surface area contributed by atoms with Crippen LogP contribution in [0.2, 0.25) is 0 Å². The Hall–Kier alpha value is -0.930. The second-order valence-corrected chi connectivity index (χ2v) is 4.15. The number of hydrogen-bond acceptors (Lipinski definition) is 3. The van der Waals surface area contributed by atoms with Crippen molar-refractivity contribution in [3.05, 3.63) is 30.1 Å². The summed E-state index contributed by atoms with van der Waals surface area (Å²) in [4.78, 5) is 4.20. The molecule has 0 amide bonds. The minimum Gasteiger partial charge on any atom is -0.264 e. The van der Waals surface area contributed by atoms with Crippen LogP contribution in [0.1, 0.15) is 30.7 Å². The number of hydrazine groups is 1. The van der Waals surface area contributed by atoms with Crippen molar-refractivity contribution in [3.63, 3.8) is 0 Å². The zero-order valence-corrected chi connectivity index (χ0v) is 9.32. The van der Waals surface area contributed by atoms with E-state index in [0.29, 0.717) is 5.92 Å². The van der Waals surface area contributed by atoms with E-state index in [-0.39, 0.29) is 0 Å². The van der Waals surface area contributed by atoms with Crippen LogP contribution in [0.15, 0.2) is 24.5 Å². The average molecular weight is 205 g/mol. The van der Waals surface area contributed by atoms with Gasteiger partial charge >= 0.3 is 0 Å². The highest BCUT2D eigenvalue weighted by Crippen LogP contribution is 2.24. The van der Waals surface area contributed by atoms with Crippen LogP contribution in [0.5, 0.6) is 0 Å². The Kier molecular flexibility index (Phi) is 3.69. The van der Waals surface area contributed by atoms with Crippen molar-refractivity contribution in [2.75, 3.05) is 20.1 Å². The second kappa shape index (κ2) is 5.24. The Morgan fingerprint density at radius 3 is 3.13 bits per heavy atom. The molecule has 1 fully saturated rings. The molecule has 1 aromatic heterocycles. The lowest BCUT2D eigenvalue weighted by molar-refractivity contribution is 0.207. The molecule has 1 aliphatic rings. The molecule has 1 saturated heterocycles. The smallest absolute Gasteiger partial charge is 0.0303 e. The highest BCUT2D eigenvalue weighted by atomic mass is 15.5. The van der Waals surface area contributed by atoms with Crippen molar-refractivity contribution in [2.45, 2.75) is 25.2 Å². The van der Waals surface area contributed by atoms with E-state index in [1.807, 2.05) is 25.5 Å². The Bertz CT molecular complexity index is 286. The summed E-state index contributed by atoms with van der Waals surface area (Å²) < 4.78 is 0. The van der Waals surface area contributed by atoms with E-state index in [9.17, 15) is 0 Å². The maximum atomic E-state index is 4.20. The van der Waals surface area contributed by atoms with E-state index >= 15 is 0 Å². The molecule has 1 atom stereocenters. The van der Waals surface area contributed by atoms with Crippen molar-refractivity contribution in [1.29, 1.82) is 0 Å². The molecule has 0 radical (unpaired) electrons. The van der Waals surface area contributed by atoms with Gasteiger partial charge in [-0.25, -0.2) is 5.01 Å². The molecule has 0 unspecified atom stereocenters. The van der Waals surface area contributed by atoms with Crippen LogP contribution in [0, 0.1) is 0 Å². The van der Waals surface area contributed by atoms with Crippen LogP contribution in [0.4, 0.5) is 0 Å². The van der Waals surface area contributed by atoms with Crippen LogP contribution >= 0.6 is 0 Å². The molecule has 1 aliphatic heterocycles. The summed E-state index contributed by atoms with van der Waals surface area (Å²) in [7, 11) is 2.01. The van der Waals surface area contributed by atoms with Gasteiger partial charge in [0.25, 0.3) is 0 Å². The van der Waals surface area contributed by atoms with Crippen LogP contribution < -0.4 is 5.43 Å². The van der Waals surface area contributed by atoms with Gasteiger partial charge in [0.1, 0.15) is 0 Å². The summed E-state index contributed by atoms with van der Waals surface area (Å²) in [5.41, 5.74) is 4.63. The molecule has 3 nitrogen and oxygen atoms in total. The monoisotopic (exact) mass is 205 g/mol. The average Bonchev–Trinajstić information content (AvgIpc) is 2.55. The van der Waals surface area contributed by atoms with Crippen molar-refractivity contribution in [2.24, 2.45) is 0 Å². The number of rotatable bonds is 2. The van der Waals surface area contributed by atoms with Gasteiger partial charge in [0, 0.05) is 25.5 Å². The van der Waals surface area contributed by atoms with E-state index < -0.39 is 0 Å². The molecule has 1 N–H and O–H groups in total. The van der Waals surface area contributed by atoms with Crippen LogP contribution in [-0.2, 0) is 0 Å². The van der Waals surface area contributed by atoms with Crippen LogP contribution in [-0.4, -0.2) is 30.1 Å². The zero-order valence-electron chi connectivity index (χ0n) is 9.32. The van der Waals surface area contributed by atoms with Crippen molar-refractivity contribution in [1.82, 2.24) is 15.4 Å². The van der Waals surface area contributed by atoms with Crippen molar-refractivity contribution < 1.29 is 0 Å². The molecule has 1 aromatic rings.